The molecule has 0 bridgehead atoms. The fourth-order valence-corrected chi connectivity index (χ4v) is 5.68. The smallest absolute Gasteiger partial charge is 0.410 e. The molecule has 6 rings (SSSR count). The van der Waals surface area contributed by atoms with E-state index in [1.54, 1.807) is 4.90 Å². The lowest BCUT2D eigenvalue weighted by atomic mass is 9.77. The fourth-order valence-electron chi connectivity index (χ4n) is 5.68. The Balaban J connectivity index is 1.14. The summed E-state index contributed by atoms with van der Waals surface area (Å²) >= 11 is 0. The van der Waals surface area contributed by atoms with E-state index in [-0.39, 0.29) is 17.8 Å². The minimum atomic E-state index is -0.243. The molecule has 2 aromatic rings. The highest BCUT2D eigenvalue weighted by atomic mass is 16.6. The lowest BCUT2D eigenvalue weighted by Crippen LogP contribution is -2.51. The molecule has 1 amide bonds. The van der Waals surface area contributed by atoms with Crippen molar-refractivity contribution in [3.8, 4) is 0 Å². The van der Waals surface area contributed by atoms with Gasteiger partial charge in [0, 0.05) is 63.4 Å². The largest absolute Gasteiger partial charge is 0.441 e. The maximum atomic E-state index is 12.4. The average Bonchev–Trinajstić information content (AvgIpc) is 3.36. The van der Waals surface area contributed by atoms with Crippen LogP contribution in [-0.4, -0.2) is 98.1 Å². The van der Waals surface area contributed by atoms with E-state index in [1.807, 2.05) is 30.1 Å². The van der Waals surface area contributed by atoms with Gasteiger partial charge in [0.05, 0.1) is 35.7 Å². The molecule has 10 heteroatoms. The van der Waals surface area contributed by atoms with Crippen molar-refractivity contribution >= 4 is 29.2 Å². The molecule has 4 aliphatic heterocycles. The summed E-state index contributed by atoms with van der Waals surface area (Å²) in [6.45, 7) is 5.72. The van der Waals surface area contributed by atoms with Crippen molar-refractivity contribution in [3.05, 3.63) is 36.2 Å². The quantitative estimate of drug-likeness (QED) is 0.681. The Kier molecular flexibility index (Phi) is 6.41. The third-order valence-electron chi connectivity index (χ3n) is 8.03. The van der Waals surface area contributed by atoms with Crippen LogP contribution < -0.4 is 10.2 Å². The predicted octanol–water partition coefficient (Wildman–Crippen LogP) is 2.19. The Morgan fingerprint density at radius 1 is 1.19 bits per heavy atom. The number of aliphatic imine (C=N–C) groups is 1. The molecular weight excluding hydrogens is 460 g/mol. The molecule has 0 spiro atoms. The van der Waals surface area contributed by atoms with Gasteiger partial charge in [-0.05, 0) is 44.5 Å². The van der Waals surface area contributed by atoms with Gasteiger partial charge in [0.2, 0.25) is 0 Å². The van der Waals surface area contributed by atoms with Crippen molar-refractivity contribution in [2.45, 2.75) is 31.0 Å². The number of nitrogens with zero attached hydrogens (tertiary/aromatic N) is 5. The number of carbonyl (C=O) groups is 1. The number of fused-ring (bicyclic) bond motifs is 1. The topological polar surface area (TPSA) is 92.9 Å². The van der Waals surface area contributed by atoms with Crippen LogP contribution >= 0.6 is 0 Å². The summed E-state index contributed by atoms with van der Waals surface area (Å²) in [7, 11) is 1.83. The van der Waals surface area contributed by atoms with Crippen molar-refractivity contribution in [2.75, 3.05) is 64.5 Å². The molecule has 4 aliphatic rings. The zero-order chi connectivity index (χ0) is 24.5. The Morgan fingerprint density at radius 2 is 2.00 bits per heavy atom. The summed E-state index contributed by atoms with van der Waals surface area (Å²) in [5.41, 5.74) is 4.07. The second-order valence-electron chi connectivity index (χ2n) is 10.0. The SMILES string of the molecule is COC1(C2C=NC(c3cc4c(N5CCN(C(=O)OC6COC6)CC5)ccnn4c3)=CC2)CCNCC1. The number of rotatable bonds is 5. The lowest BCUT2D eigenvalue weighted by Gasteiger charge is -2.41. The molecule has 10 nitrogen and oxygen atoms in total. The molecule has 36 heavy (non-hydrogen) atoms. The molecule has 1 N–H and O–H groups in total. The molecular formula is C26H34N6O4. The number of nitrogens with one attached hydrogen (secondary N) is 1. The molecule has 0 radical (unpaired) electrons. The minimum absolute atomic E-state index is 0.0961. The van der Waals surface area contributed by atoms with E-state index < -0.39 is 0 Å². The Bertz CT molecular complexity index is 1160. The molecule has 1 unspecified atom stereocenters. The van der Waals surface area contributed by atoms with Crippen molar-refractivity contribution in [1.29, 1.82) is 0 Å². The number of ether oxygens (including phenoxy) is 3. The van der Waals surface area contributed by atoms with E-state index in [2.05, 4.69) is 33.7 Å². The van der Waals surface area contributed by atoms with Crippen molar-refractivity contribution in [1.82, 2.24) is 19.8 Å². The van der Waals surface area contributed by atoms with E-state index in [0.717, 1.165) is 67.9 Å². The molecule has 3 saturated heterocycles. The number of amides is 1. The number of aromatic nitrogens is 2. The number of piperidine rings is 1. The molecule has 192 valence electrons. The standard InChI is InChI=1S/C26H34N6O4/c1-34-26(5-8-27-9-6-26)20-2-3-22(28-15-20)19-14-24-23(4-7-29-32(24)16-19)30-10-12-31(13-11-30)25(33)36-21-17-35-18-21/h3-4,7,14-16,20-21,27H,2,5-6,8-13,17-18H2,1H3. The van der Waals surface area contributed by atoms with Crippen LogP contribution in [0.5, 0.6) is 0 Å². The highest BCUT2D eigenvalue weighted by molar-refractivity contribution is 5.83. The van der Waals surface area contributed by atoms with Crippen LogP contribution in [0, 0.1) is 5.92 Å². The third-order valence-corrected chi connectivity index (χ3v) is 8.03. The summed E-state index contributed by atoms with van der Waals surface area (Å²) in [5, 5.41) is 7.98. The van der Waals surface area contributed by atoms with Crippen LogP contribution in [0.2, 0.25) is 0 Å². The fraction of sp³-hybridized carbons (Fsp3) is 0.577. The lowest BCUT2D eigenvalue weighted by molar-refractivity contribution is -0.104. The average molecular weight is 495 g/mol. The number of methoxy groups -OCH3 is 1. The number of allylic oxidation sites excluding steroid dienone is 1. The summed E-state index contributed by atoms with van der Waals surface area (Å²) in [6, 6.07) is 4.21. The van der Waals surface area contributed by atoms with Gasteiger partial charge in [0.1, 0.15) is 0 Å². The predicted molar refractivity (Wildman–Crippen MR) is 136 cm³/mol. The molecule has 0 aromatic carbocycles. The molecule has 3 fully saturated rings. The van der Waals surface area contributed by atoms with Crippen LogP contribution in [0.15, 0.2) is 35.6 Å². The van der Waals surface area contributed by atoms with Gasteiger partial charge in [-0.1, -0.05) is 6.08 Å². The van der Waals surface area contributed by atoms with E-state index >= 15 is 0 Å². The third kappa shape index (κ3) is 4.38. The first-order valence-electron chi connectivity index (χ1n) is 12.9. The molecule has 0 aliphatic carbocycles. The highest BCUT2D eigenvalue weighted by Crippen LogP contribution is 2.36. The van der Waals surface area contributed by atoms with E-state index in [9.17, 15) is 4.79 Å². The van der Waals surface area contributed by atoms with Gasteiger partial charge in [-0.2, -0.15) is 5.10 Å². The zero-order valence-corrected chi connectivity index (χ0v) is 20.8. The number of anilines is 1. The first kappa shape index (κ1) is 23.4. The highest BCUT2D eigenvalue weighted by Gasteiger charge is 2.39. The van der Waals surface area contributed by atoms with E-state index in [0.29, 0.717) is 32.2 Å². The second kappa shape index (κ2) is 9.84. The van der Waals surface area contributed by atoms with Gasteiger partial charge in [-0.25, -0.2) is 9.31 Å². The first-order valence-corrected chi connectivity index (χ1v) is 12.9. The van der Waals surface area contributed by atoms with Crippen LogP contribution in [0.3, 0.4) is 0 Å². The summed E-state index contributed by atoms with van der Waals surface area (Å²) in [4.78, 5) is 21.3. The normalized spacial score (nSPS) is 24.5. The number of piperazine rings is 1. The van der Waals surface area contributed by atoms with Crippen LogP contribution in [0.1, 0.15) is 24.8 Å². The van der Waals surface area contributed by atoms with Gasteiger partial charge in [-0.3, -0.25) is 4.99 Å². The summed E-state index contributed by atoms with van der Waals surface area (Å²) < 4.78 is 18.5. The number of carbonyl (C=O) groups excluding carboxylic acids is 1. The Labute approximate surface area is 210 Å². The van der Waals surface area contributed by atoms with Gasteiger partial charge >= 0.3 is 6.09 Å². The van der Waals surface area contributed by atoms with Gasteiger partial charge in [0.15, 0.2) is 6.10 Å². The number of hydrogen-bond donors (Lipinski definition) is 1. The maximum absolute atomic E-state index is 12.4. The minimum Gasteiger partial charge on any atom is -0.441 e. The maximum Gasteiger partial charge on any atom is 0.410 e. The van der Waals surface area contributed by atoms with E-state index in [1.165, 1.54) is 0 Å². The Hall–Kier alpha value is -2.95. The van der Waals surface area contributed by atoms with Gasteiger partial charge < -0.3 is 29.3 Å². The number of hydrogen-bond acceptors (Lipinski definition) is 8. The van der Waals surface area contributed by atoms with Gasteiger partial charge in [-0.15, -0.1) is 0 Å². The molecule has 0 saturated carbocycles. The zero-order valence-electron chi connectivity index (χ0n) is 20.8. The summed E-state index contributed by atoms with van der Waals surface area (Å²) in [6.07, 6.45) is 10.8. The van der Waals surface area contributed by atoms with Crippen molar-refractivity contribution in [2.24, 2.45) is 10.9 Å². The van der Waals surface area contributed by atoms with Gasteiger partial charge in [0.25, 0.3) is 0 Å². The monoisotopic (exact) mass is 494 g/mol. The molecule has 6 heterocycles. The molecule has 2 aromatic heterocycles. The molecule has 1 atom stereocenters. The van der Waals surface area contributed by atoms with Crippen molar-refractivity contribution in [3.63, 3.8) is 0 Å². The van der Waals surface area contributed by atoms with Crippen LogP contribution in [0.4, 0.5) is 10.5 Å². The van der Waals surface area contributed by atoms with Crippen LogP contribution in [-0.2, 0) is 14.2 Å². The Morgan fingerprint density at radius 3 is 2.67 bits per heavy atom. The first-order chi connectivity index (χ1) is 17.6. The summed E-state index contributed by atoms with van der Waals surface area (Å²) in [5.74, 6) is 0.291. The van der Waals surface area contributed by atoms with Crippen molar-refractivity contribution < 1.29 is 19.0 Å². The van der Waals surface area contributed by atoms with Crippen LogP contribution in [0.25, 0.3) is 11.2 Å². The second-order valence-corrected chi connectivity index (χ2v) is 10.0. The van der Waals surface area contributed by atoms with E-state index in [4.69, 9.17) is 19.2 Å².